The van der Waals surface area contributed by atoms with E-state index in [1.165, 1.54) is 20.3 Å². The number of hydrogen-bond donors (Lipinski definition) is 1. The summed E-state index contributed by atoms with van der Waals surface area (Å²) in [6.45, 7) is 3.75. The molecule has 1 aliphatic carbocycles. The molecular formula is C24H24O7. The average Bonchev–Trinajstić information content (AvgIpc) is 2.76. The van der Waals surface area contributed by atoms with Gasteiger partial charge in [-0.25, -0.2) is 0 Å². The summed E-state index contributed by atoms with van der Waals surface area (Å²) in [6, 6.07) is 11.3. The maximum Gasteiger partial charge on any atom is 0.306 e. The first-order valence-corrected chi connectivity index (χ1v) is 9.81. The van der Waals surface area contributed by atoms with Crippen LogP contribution in [0.15, 0.2) is 48.0 Å². The zero-order chi connectivity index (χ0) is 22.7. The van der Waals surface area contributed by atoms with Gasteiger partial charge in [0.1, 0.15) is 5.76 Å². The van der Waals surface area contributed by atoms with E-state index in [4.69, 9.17) is 14.2 Å². The van der Waals surface area contributed by atoms with Crippen LogP contribution in [0.5, 0.6) is 11.5 Å². The average molecular weight is 424 g/mol. The van der Waals surface area contributed by atoms with Gasteiger partial charge in [0.25, 0.3) is 0 Å². The van der Waals surface area contributed by atoms with E-state index in [1.54, 1.807) is 36.4 Å². The molecule has 0 spiro atoms. The van der Waals surface area contributed by atoms with Crippen LogP contribution in [0.25, 0.3) is 5.76 Å². The standard InChI is InChI=1S/C24H24O7/c1-13(2)31-18-10-9-14(11-19(18)29-3)17(12-20(25)30-4)21-22(26)15-7-5-6-8-16(15)23(27)24(21)28/h5-11,13,17,26H,12H2,1-4H3. The van der Waals surface area contributed by atoms with Gasteiger partial charge in [-0.15, -0.1) is 0 Å². The van der Waals surface area contributed by atoms with Crippen LogP contribution in [-0.4, -0.2) is 43.0 Å². The molecule has 31 heavy (non-hydrogen) atoms. The molecule has 0 aromatic heterocycles. The lowest BCUT2D eigenvalue weighted by Gasteiger charge is -2.25. The van der Waals surface area contributed by atoms with E-state index >= 15 is 0 Å². The Morgan fingerprint density at radius 1 is 0.968 bits per heavy atom. The fourth-order valence-corrected chi connectivity index (χ4v) is 3.60. The van der Waals surface area contributed by atoms with Crippen molar-refractivity contribution in [3.63, 3.8) is 0 Å². The molecule has 1 aliphatic rings. The number of allylic oxidation sites excluding steroid dienone is 1. The summed E-state index contributed by atoms with van der Waals surface area (Å²) in [7, 11) is 2.71. The minimum Gasteiger partial charge on any atom is -0.507 e. The summed E-state index contributed by atoms with van der Waals surface area (Å²) in [5.74, 6) is -2.53. The minimum absolute atomic E-state index is 0.0913. The number of carbonyl (C=O) groups is 3. The molecular weight excluding hydrogens is 400 g/mol. The lowest BCUT2D eigenvalue weighted by molar-refractivity contribution is -0.140. The van der Waals surface area contributed by atoms with Crippen molar-refractivity contribution in [1.29, 1.82) is 0 Å². The van der Waals surface area contributed by atoms with E-state index < -0.39 is 23.5 Å². The van der Waals surface area contributed by atoms with Gasteiger partial charge >= 0.3 is 5.97 Å². The first kappa shape index (κ1) is 22.1. The van der Waals surface area contributed by atoms with Crippen LogP contribution in [0, 0.1) is 0 Å². The summed E-state index contributed by atoms with van der Waals surface area (Å²) in [5, 5.41) is 10.9. The molecule has 1 unspecified atom stereocenters. The second-order valence-corrected chi connectivity index (χ2v) is 7.38. The highest BCUT2D eigenvalue weighted by molar-refractivity contribution is 6.52. The predicted molar refractivity (Wildman–Crippen MR) is 113 cm³/mol. The molecule has 0 radical (unpaired) electrons. The van der Waals surface area contributed by atoms with Crippen molar-refractivity contribution in [1.82, 2.24) is 0 Å². The zero-order valence-corrected chi connectivity index (χ0v) is 17.8. The Kier molecular flexibility index (Phi) is 6.44. The number of ketones is 2. The molecule has 0 saturated carbocycles. The lowest BCUT2D eigenvalue weighted by Crippen LogP contribution is -2.28. The van der Waals surface area contributed by atoms with E-state index in [1.807, 2.05) is 13.8 Å². The third-order valence-electron chi connectivity index (χ3n) is 5.03. The van der Waals surface area contributed by atoms with Gasteiger partial charge in [0.2, 0.25) is 11.6 Å². The molecule has 0 fully saturated rings. The lowest BCUT2D eigenvalue weighted by atomic mass is 9.78. The van der Waals surface area contributed by atoms with Crippen molar-refractivity contribution in [2.24, 2.45) is 0 Å². The number of aliphatic hydroxyl groups excluding tert-OH is 1. The molecule has 0 heterocycles. The summed E-state index contributed by atoms with van der Waals surface area (Å²) < 4.78 is 15.9. The van der Waals surface area contributed by atoms with Crippen LogP contribution in [0.3, 0.4) is 0 Å². The number of methoxy groups -OCH3 is 2. The number of carbonyl (C=O) groups excluding carboxylic acids is 3. The van der Waals surface area contributed by atoms with Crippen molar-refractivity contribution in [2.45, 2.75) is 32.3 Å². The number of benzene rings is 2. The molecule has 3 rings (SSSR count). The first-order chi connectivity index (χ1) is 14.8. The summed E-state index contributed by atoms with van der Waals surface area (Å²) in [4.78, 5) is 37.8. The molecule has 0 bridgehead atoms. The van der Waals surface area contributed by atoms with E-state index in [0.29, 0.717) is 17.1 Å². The molecule has 1 atom stereocenters. The van der Waals surface area contributed by atoms with E-state index in [-0.39, 0.29) is 35.0 Å². The molecule has 1 N–H and O–H groups in total. The normalized spacial score (nSPS) is 14.4. The first-order valence-electron chi connectivity index (χ1n) is 9.81. The Bertz CT molecular complexity index is 1070. The molecule has 0 aliphatic heterocycles. The van der Waals surface area contributed by atoms with Gasteiger partial charge in [0.15, 0.2) is 11.5 Å². The fourth-order valence-electron chi connectivity index (χ4n) is 3.60. The maximum absolute atomic E-state index is 13.0. The Labute approximate surface area is 180 Å². The van der Waals surface area contributed by atoms with Gasteiger partial charge in [-0.3, -0.25) is 14.4 Å². The Balaban J connectivity index is 2.18. The second kappa shape index (κ2) is 9.04. The van der Waals surface area contributed by atoms with Crippen molar-refractivity contribution >= 4 is 23.3 Å². The highest BCUT2D eigenvalue weighted by atomic mass is 16.5. The highest BCUT2D eigenvalue weighted by Gasteiger charge is 2.38. The molecule has 0 saturated heterocycles. The number of rotatable bonds is 7. The van der Waals surface area contributed by atoms with Gasteiger partial charge in [-0.2, -0.15) is 0 Å². The quantitative estimate of drug-likeness (QED) is 0.532. The third kappa shape index (κ3) is 4.30. The van der Waals surface area contributed by atoms with Crippen LogP contribution < -0.4 is 9.47 Å². The molecule has 7 nitrogen and oxygen atoms in total. The van der Waals surface area contributed by atoms with Crippen LogP contribution in [0.2, 0.25) is 0 Å². The molecule has 2 aromatic carbocycles. The SMILES string of the molecule is COC(=O)CC(C1=C(O)c2ccccc2C(=O)C1=O)c1ccc(OC(C)C)c(OC)c1. The topological polar surface area (TPSA) is 99.1 Å². The Morgan fingerprint density at radius 3 is 2.26 bits per heavy atom. The van der Waals surface area contributed by atoms with E-state index in [2.05, 4.69) is 0 Å². The van der Waals surface area contributed by atoms with Crippen molar-refractivity contribution < 1.29 is 33.7 Å². The molecule has 2 aromatic rings. The Morgan fingerprint density at radius 2 is 1.65 bits per heavy atom. The van der Waals surface area contributed by atoms with Crippen LogP contribution in [0.4, 0.5) is 0 Å². The monoisotopic (exact) mass is 424 g/mol. The largest absolute Gasteiger partial charge is 0.507 e. The van der Waals surface area contributed by atoms with Crippen LogP contribution in [-0.2, 0) is 14.3 Å². The maximum atomic E-state index is 13.0. The van der Waals surface area contributed by atoms with E-state index in [9.17, 15) is 19.5 Å². The van der Waals surface area contributed by atoms with Crippen LogP contribution in [0.1, 0.15) is 47.7 Å². The minimum atomic E-state index is -0.917. The van der Waals surface area contributed by atoms with Crippen molar-refractivity contribution in [2.75, 3.05) is 14.2 Å². The smallest absolute Gasteiger partial charge is 0.306 e. The Hall–Kier alpha value is -3.61. The number of fused-ring (bicyclic) bond motifs is 1. The number of hydrogen-bond acceptors (Lipinski definition) is 7. The summed E-state index contributed by atoms with van der Waals surface area (Å²) >= 11 is 0. The number of Topliss-reactive ketones (excluding diaryl/α,β-unsaturated/α-hetero) is 2. The molecule has 0 amide bonds. The zero-order valence-electron chi connectivity index (χ0n) is 17.8. The number of ether oxygens (including phenoxy) is 3. The van der Waals surface area contributed by atoms with Gasteiger partial charge in [-0.1, -0.05) is 30.3 Å². The molecule has 162 valence electrons. The summed E-state index contributed by atoms with van der Waals surface area (Å²) in [6.07, 6.45) is -0.337. The fraction of sp³-hybridized carbons (Fsp3) is 0.292. The highest BCUT2D eigenvalue weighted by Crippen LogP contribution is 2.41. The van der Waals surface area contributed by atoms with E-state index in [0.717, 1.165) is 0 Å². The predicted octanol–water partition coefficient (Wildman–Crippen LogP) is 3.86. The van der Waals surface area contributed by atoms with Gasteiger partial charge < -0.3 is 19.3 Å². The number of esters is 1. The van der Waals surface area contributed by atoms with Gasteiger partial charge in [0, 0.05) is 17.0 Å². The van der Waals surface area contributed by atoms with Crippen molar-refractivity contribution in [3.8, 4) is 11.5 Å². The van der Waals surface area contributed by atoms with Crippen molar-refractivity contribution in [3.05, 3.63) is 64.7 Å². The second-order valence-electron chi connectivity index (χ2n) is 7.38. The van der Waals surface area contributed by atoms with Gasteiger partial charge in [-0.05, 0) is 31.5 Å². The third-order valence-corrected chi connectivity index (χ3v) is 5.03. The van der Waals surface area contributed by atoms with Gasteiger partial charge in [0.05, 0.1) is 32.3 Å². The molecule has 7 heteroatoms. The summed E-state index contributed by atoms with van der Waals surface area (Å²) in [5.41, 5.74) is 0.738. The number of aliphatic hydroxyl groups is 1. The van der Waals surface area contributed by atoms with Crippen LogP contribution >= 0.6 is 0 Å².